The molecule has 2 atom stereocenters. The Morgan fingerprint density at radius 3 is 2.56 bits per heavy atom. The first-order valence-electron chi connectivity index (χ1n) is 11.0. The van der Waals surface area contributed by atoms with Crippen LogP contribution in [-0.2, 0) is 13.6 Å². The largest absolute Gasteiger partial charge is 0.501 e. The summed E-state index contributed by atoms with van der Waals surface area (Å²) < 4.78 is 14.3. The molecule has 9 heteroatoms. The molecule has 8 nitrogen and oxygen atoms in total. The summed E-state index contributed by atoms with van der Waals surface area (Å²) in [6.45, 7) is 0.0696. The van der Waals surface area contributed by atoms with Gasteiger partial charge in [0.2, 0.25) is 5.75 Å². The van der Waals surface area contributed by atoms with E-state index >= 15 is 0 Å². The molecule has 0 spiro atoms. The first kappa shape index (κ1) is 23.3. The lowest BCUT2D eigenvalue weighted by Gasteiger charge is -2.30. The number of piperidine rings is 1. The summed E-state index contributed by atoms with van der Waals surface area (Å²) in [5, 5.41) is 16.2. The van der Waals surface area contributed by atoms with Gasteiger partial charge in [0, 0.05) is 19.2 Å². The highest BCUT2D eigenvalue weighted by atomic mass is 19.1. The third kappa shape index (κ3) is 4.89. The zero-order valence-corrected chi connectivity index (χ0v) is 18.6. The molecule has 3 aromatic rings. The molecule has 1 fully saturated rings. The number of hydrogen-bond acceptors (Lipinski definition) is 6. The van der Waals surface area contributed by atoms with Gasteiger partial charge in [0.05, 0.1) is 12.1 Å². The number of halogens is 1. The van der Waals surface area contributed by atoms with E-state index in [9.17, 15) is 23.9 Å². The Labute approximate surface area is 195 Å². The van der Waals surface area contributed by atoms with Crippen LogP contribution in [0.1, 0.15) is 57.5 Å². The van der Waals surface area contributed by atoms with Gasteiger partial charge in [0.25, 0.3) is 11.5 Å². The predicted molar refractivity (Wildman–Crippen MR) is 123 cm³/mol. The van der Waals surface area contributed by atoms with Crippen molar-refractivity contribution in [3.8, 4) is 5.75 Å². The van der Waals surface area contributed by atoms with Crippen LogP contribution in [0.2, 0.25) is 0 Å². The molecular weight excluding hydrogens is 439 g/mol. The van der Waals surface area contributed by atoms with E-state index in [-0.39, 0.29) is 18.2 Å². The summed E-state index contributed by atoms with van der Waals surface area (Å²) >= 11 is 0. The zero-order chi connectivity index (χ0) is 24.2. The Morgan fingerprint density at radius 1 is 1.15 bits per heavy atom. The van der Waals surface area contributed by atoms with Crippen molar-refractivity contribution in [2.24, 2.45) is 7.05 Å². The van der Waals surface area contributed by atoms with Crippen LogP contribution in [0.3, 0.4) is 0 Å². The fourth-order valence-corrected chi connectivity index (χ4v) is 4.09. The lowest BCUT2D eigenvalue weighted by Crippen LogP contribution is -2.44. The van der Waals surface area contributed by atoms with E-state index in [1.54, 1.807) is 24.3 Å². The lowest BCUT2D eigenvalue weighted by molar-refractivity contribution is 0.0904. The second-order valence-corrected chi connectivity index (χ2v) is 8.27. The normalized spacial score (nSPS) is 17.8. The topological polar surface area (TPSA) is 113 Å². The van der Waals surface area contributed by atoms with E-state index in [1.165, 1.54) is 35.9 Å². The second-order valence-electron chi connectivity index (χ2n) is 8.27. The minimum atomic E-state index is -0.754. The molecule has 1 saturated heterocycles. The average Bonchev–Trinajstić information content (AvgIpc) is 2.87. The first-order chi connectivity index (χ1) is 16.3. The molecule has 0 saturated carbocycles. The molecule has 0 bridgehead atoms. The van der Waals surface area contributed by atoms with Crippen molar-refractivity contribution in [1.82, 2.24) is 20.2 Å². The number of hydrogen-bond donors (Lipinski definition) is 3. The molecule has 2 heterocycles. The van der Waals surface area contributed by atoms with Crippen molar-refractivity contribution in [2.75, 3.05) is 0 Å². The van der Waals surface area contributed by atoms with Crippen LogP contribution < -0.4 is 16.2 Å². The van der Waals surface area contributed by atoms with Gasteiger partial charge in [-0.3, -0.25) is 24.3 Å². The number of carbonyl (C=O) groups excluding carboxylic acids is 2. The van der Waals surface area contributed by atoms with E-state index in [2.05, 4.69) is 15.6 Å². The van der Waals surface area contributed by atoms with E-state index < -0.39 is 40.8 Å². The Bertz CT molecular complexity index is 1260. The fourth-order valence-electron chi connectivity index (χ4n) is 4.09. The van der Waals surface area contributed by atoms with E-state index in [1.807, 2.05) is 6.07 Å². The third-order valence-electron chi connectivity index (χ3n) is 5.96. The van der Waals surface area contributed by atoms with E-state index in [0.29, 0.717) is 24.0 Å². The molecular formula is C25H25FN4O4. The number of carbonyl (C=O) groups is 2. The maximum Gasteiger partial charge on any atom is 0.296 e. The van der Waals surface area contributed by atoms with Crippen molar-refractivity contribution < 1.29 is 19.1 Å². The summed E-state index contributed by atoms with van der Waals surface area (Å²) in [7, 11) is 1.47. The van der Waals surface area contributed by atoms with Crippen LogP contribution in [0.5, 0.6) is 5.75 Å². The number of nitrogens with one attached hydrogen (secondary N) is 2. The number of benzene rings is 2. The smallest absolute Gasteiger partial charge is 0.296 e. The van der Waals surface area contributed by atoms with Gasteiger partial charge in [0.1, 0.15) is 11.6 Å². The minimum absolute atomic E-state index is 0.0497. The summed E-state index contributed by atoms with van der Waals surface area (Å²) in [4.78, 5) is 42.6. The number of aromatic hydroxyl groups is 1. The van der Waals surface area contributed by atoms with Gasteiger partial charge in [-0.05, 0) is 37.0 Å². The number of aromatic nitrogens is 2. The van der Waals surface area contributed by atoms with Crippen LogP contribution in [-0.4, -0.2) is 32.4 Å². The number of rotatable bonds is 6. The van der Waals surface area contributed by atoms with Gasteiger partial charge in [-0.2, -0.15) is 0 Å². The van der Waals surface area contributed by atoms with Crippen LogP contribution in [0.25, 0.3) is 0 Å². The summed E-state index contributed by atoms with van der Waals surface area (Å²) in [5.41, 5.74) is 0.0948. The van der Waals surface area contributed by atoms with Crippen LogP contribution >= 0.6 is 0 Å². The molecule has 1 aromatic heterocycles. The van der Waals surface area contributed by atoms with Crippen molar-refractivity contribution in [2.45, 2.75) is 37.9 Å². The quantitative estimate of drug-likeness (QED) is 0.484. The predicted octanol–water partition coefficient (Wildman–Crippen LogP) is 2.62. The molecule has 1 amide bonds. The molecule has 0 aliphatic carbocycles. The van der Waals surface area contributed by atoms with Crippen LogP contribution in [0.15, 0.2) is 59.4 Å². The van der Waals surface area contributed by atoms with Gasteiger partial charge < -0.3 is 10.4 Å². The summed E-state index contributed by atoms with van der Waals surface area (Å²) in [6.07, 6.45) is 1.98. The lowest BCUT2D eigenvalue weighted by atomic mass is 9.92. The summed E-state index contributed by atoms with van der Waals surface area (Å²) in [6, 6.07) is 13.6. The first-order valence-corrected chi connectivity index (χ1v) is 11.0. The molecule has 176 valence electrons. The van der Waals surface area contributed by atoms with Gasteiger partial charge in [0.15, 0.2) is 11.5 Å². The molecule has 1 aliphatic heterocycles. The number of Topliss-reactive ketones (excluding diaryl/α,β-unsaturated/α-hetero) is 1. The number of amides is 1. The molecule has 2 unspecified atom stereocenters. The molecule has 0 radical (unpaired) electrons. The third-order valence-corrected chi connectivity index (χ3v) is 5.96. The highest BCUT2D eigenvalue weighted by Gasteiger charge is 2.31. The number of ketones is 1. The molecule has 1 aliphatic rings. The zero-order valence-electron chi connectivity index (χ0n) is 18.6. The van der Waals surface area contributed by atoms with Crippen LogP contribution in [0, 0.1) is 5.82 Å². The van der Waals surface area contributed by atoms with E-state index in [0.717, 1.165) is 6.42 Å². The SMILES string of the molecule is Cn1c(C2CCCC(C(=O)c3ccccc3)N2)nc(C(=O)NCc2ccc(F)cc2)c(O)c1=O. The van der Waals surface area contributed by atoms with Gasteiger partial charge in [-0.1, -0.05) is 42.5 Å². The van der Waals surface area contributed by atoms with Crippen molar-refractivity contribution in [3.63, 3.8) is 0 Å². The summed E-state index contributed by atoms with van der Waals surface area (Å²) in [5.74, 6) is -1.66. The standard InChI is InChI=1S/C25H25FN4O4/c1-30-23(19-9-5-8-18(28-19)21(31)16-6-3-2-4-7-16)29-20(22(32)25(30)34)24(33)27-14-15-10-12-17(26)13-11-15/h2-4,6-7,10-13,18-19,28,32H,5,8-9,14H2,1H3,(H,27,33). The Morgan fingerprint density at radius 2 is 1.85 bits per heavy atom. The van der Waals surface area contributed by atoms with Crippen LogP contribution in [0.4, 0.5) is 4.39 Å². The highest BCUT2D eigenvalue weighted by molar-refractivity contribution is 6.00. The van der Waals surface area contributed by atoms with E-state index in [4.69, 9.17) is 0 Å². The minimum Gasteiger partial charge on any atom is -0.501 e. The van der Waals surface area contributed by atoms with Crippen molar-refractivity contribution in [3.05, 3.63) is 93.4 Å². The Kier molecular flexibility index (Phi) is 6.83. The van der Waals surface area contributed by atoms with Gasteiger partial charge in [-0.25, -0.2) is 9.37 Å². The molecule has 34 heavy (non-hydrogen) atoms. The molecule has 2 aromatic carbocycles. The fraction of sp³-hybridized carbons (Fsp3) is 0.280. The maximum absolute atomic E-state index is 13.1. The maximum atomic E-state index is 13.1. The molecule has 4 rings (SSSR count). The second kappa shape index (κ2) is 9.96. The molecule has 3 N–H and O–H groups in total. The van der Waals surface area contributed by atoms with Crippen molar-refractivity contribution in [1.29, 1.82) is 0 Å². The monoisotopic (exact) mass is 464 g/mol. The van der Waals surface area contributed by atoms with Crippen molar-refractivity contribution >= 4 is 11.7 Å². The van der Waals surface area contributed by atoms with Gasteiger partial charge >= 0.3 is 0 Å². The number of nitrogens with zero attached hydrogens (tertiary/aromatic N) is 2. The Hall–Kier alpha value is -3.85. The highest BCUT2D eigenvalue weighted by Crippen LogP contribution is 2.26. The average molecular weight is 464 g/mol. The Balaban J connectivity index is 1.56. The van der Waals surface area contributed by atoms with Gasteiger partial charge in [-0.15, -0.1) is 0 Å².